The summed E-state index contributed by atoms with van der Waals surface area (Å²) in [6.07, 6.45) is -3.10. The highest BCUT2D eigenvalue weighted by atomic mass is 19.4. The molecular formula is C22H24F3N9O2. The van der Waals surface area contributed by atoms with Crippen molar-refractivity contribution in [1.82, 2.24) is 30.5 Å². The highest BCUT2D eigenvalue weighted by molar-refractivity contribution is 6.07. The fourth-order valence-electron chi connectivity index (χ4n) is 4.60. The van der Waals surface area contributed by atoms with E-state index in [1.807, 2.05) is 17.1 Å². The van der Waals surface area contributed by atoms with Crippen LogP contribution in [0.15, 0.2) is 12.1 Å². The lowest BCUT2D eigenvalue weighted by Gasteiger charge is -2.46. The van der Waals surface area contributed by atoms with Gasteiger partial charge in [-0.05, 0) is 45.7 Å². The Hall–Kier alpha value is -3.97. The predicted molar refractivity (Wildman–Crippen MR) is 125 cm³/mol. The summed E-state index contributed by atoms with van der Waals surface area (Å²) >= 11 is 0. The van der Waals surface area contributed by atoms with Crippen molar-refractivity contribution in [2.24, 2.45) is 0 Å². The molecule has 3 aromatic heterocycles. The molecule has 1 saturated heterocycles. The molecule has 36 heavy (non-hydrogen) atoms. The van der Waals surface area contributed by atoms with Gasteiger partial charge in [0.15, 0.2) is 17.3 Å². The summed E-state index contributed by atoms with van der Waals surface area (Å²) < 4.78 is 38.9. The number of anilines is 3. The van der Waals surface area contributed by atoms with Crippen LogP contribution >= 0.6 is 0 Å². The molecule has 3 amide bonds. The van der Waals surface area contributed by atoms with Crippen molar-refractivity contribution >= 4 is 40.3 Å². The van der Waals surface area contributed by atoms with Crippen molar-refractivity contribution in [2.45, 2.75) is 51.9 Å². The molecule has 190 valence electrons. The molecule has 11 nitrogen and oxygen atoms in total. The Morgan fingerprint density at radius 1 is 1.19 bits per heavy atom. The van der Waals surface area contributed by atoms with Crippen molar-refractivity contribution in [3.63, 3.8) is 0 Å². The average Bonchev–Trinajstić information content (AvgIpc) is 3.19. The summed E-state index contributed by atoms with van der Waals surface area (Å²) in [7, 11) is 0. The van der Waals surface area contributed by atoms with E-state index in [1.54, 1.807) is 19.1 Å². The first-order valence-electron chi connectivity index (χ1n) is 11.5. The second kappa shape index (κ2) is 8.60. The van der Waals surface area contributed by atoms with E-state index in [-0.39, 0.29) is 17.7 Å². The smallest absolute Gasteiger partial charge is 0.365 e. The third-order valence-electron chi connectivity index (χ3n) is 6.40. The van der Waals surface area contributed by atoms with Crippen molar-refractivity contribution < 1.29 is 22.8 Å². The van der Waals surface area contributed by atoms with Crippen molar-refractivity contribution in [3.8, 4) is 0 Å². The Morgan fingerprint density at radius 2 is 1.97 bits per heavy atom. The van der Waals surface area contributed by atoms with Crippen LogP contribution in [0.4, 0.5) is 35.3 Å². The Labute approximate surface area is 203 Å². The third kappa shape index (κ3) is 4.16. The van der Waals surface area contributed by atoms with E-state index in [0.717, 1.165) is 25.6 Å². The maximum atomic E-state index is 13.6. The summed E-state index contributed by atoms with van der Waals surface area (Å²) in [5, 5.41) is 12.3. The molecule has 2 aliphatic heterocycles. The number of fused-ring (bicyclic) bond motifs is 5. The first kappa shape index (κ1) is 23.8. The molecule has 3 aromatic rings. The number of rotatable bonds is 3. The largest absolute Gasteiger partial charge is 0.408 e. The molecule has 0 aliphatic carbocycles. The number of hydrogen-bond donors (Lipinski definition) is 3. The number of pyridine rings is 1. The minimum Gasteiger partial charge on any atom is -0.365 e. The molecule has 14 heteroatoms. The molecule has 5 heterocycles. The number of piperidine rings is 1. The van der Waals surface area contributed by atoms with Gasteiger partial charge in [0.2, 0.25) is 5.82 Å². The third-order valence-corrected chi connectivity index (χ3v) is 6.40. The number of nitrogens with zero attached hydrogens (tertiary/aromatic N) is 6. The van der Waals surface area contributed by atoms with Gasteiger partial charge in [-0.1, -0.05) is 0 Å². The molecule has 5 rings (SSSR count). The summed E-state index contributed by atoms with van der Waals surface area (Å²) in [5.41, 5.74) is 2.27. The van der Waals surface area contributed by atoms with Crippen molar-refractivity contribution in [3.05, 3.63) is 29.3 Å². The topological polar surface area (TPSA) is 132 Å². The first-order valence-corrected chi connectivity index (χ1v) is 11.5. The Morgan fingerprint density at radius 3 is 2.72 bits per heavy atom. The molecule has 0 radical (unpaired) electrons. The van der Waals surface area contributed by atoms with Gasteiger partial charge in [0.05, 0.1) is 17.1 Å². The van der Waals surface area contributed by atoms with Crippen LogP contribution in [-0.4, -0.2) is 68.4 Å². The fourth-order valence-corrected chi connectivity index (χ4v) is 4.60. The van der Waals surface area contributed by atoms with Gasteiger partial charge in [0.25, 0.3) is 5.91 Å². The predicted octanol–water partition coefficient (Wildman–Crippen LogP) is 3.07. The molecule has 2 atom stereocenters. The monoisotopic (exact) mass is 503 g/mol. The van der Waals surface area contributed by atoms with Crippen LogP contribution < -0.4 is 20.4 Å². The molecule has 3 N–H and O–H groups in total. The lowest BCUT2D eigenvalue weighted by molar-refractivity contribution is -0.149. The zero-order valence-corrected chi connectivity index (χ0v) is 19.8. The van der Waals surface area contributed by atoms with Crippen LogP contribution in [0.5, 0.6) is 0 Å². The number of amides is 3. The Balaban J connectivity index is 1.51. The number of aromatic amines is 1. The lowest BCUT2D eigenvalue weighted by Crippen LogP contribution is -2.56. The van der Waals surface area contributed by atoms with E-state index in [4.69, 9.17) is 0 Å². The number of aromatic nitrogens is 5. The maximum absolute atomic E-state index is 13.6. The molecular weight excluding hydrogens is 479 g/mol. The van der Waals surface area contributed by atoms with E-state index in [0.29, 0.717) is 35.4 Å². The Bertz CT molecular complexity index is 1360. The highest BCUT2D eigenvalue weighted by Gasteiger charge is 2.41. The van der Waals surface area contributed by atoms with Crippen LogP contribution in [-0.2, 0) is 0 Å². The molecule has 2 bridgehead atoms. The quantitative estimate of drug-likeness (QED) is 0.501. The number of alkyl halides is 3. The summed E-state index contributed by atoms with van der Waals surface area (Å²) in [6.45, 7) is 5.58. The Kier molecular flexibility index (Phi) is 5.68. The van der Waals surface area contributed by atoms with E-state index in [9.17, 15) is 22.8 Å². The summed E-state index contributed by atoms with van der Waals surface area (Å²) in [5.74, 6) is -1.05. The molecule has 2 aliphatic rings. The lowest BCUT2D eigenvalue weighted by atomic mass is 9.99. The second-order valence-corrected chi connectivity index (χ2v) is 9.00. The van der Waals surface area contributed by atoms with Crippen molar-refractivity contribution in [1.29, 1.82) is 0 Å². The van der Waals surface area contributed by atoms with Crippen LogP contribution in [0.3, 0.4) is 0 Å². The molecule has 1 fully saturated rings. The minimum absolute atomic E-state index is 0.176. The van der Waals surface area contributed by atoms with Crippen molar-refractivity contribution in [2.75, 3.05) is 28.2 Å². The SMILES string of the molecule is Cc1ccc2c(NC(=O)N3c4nc(C(=O)NC(C)C(F)(F)F)nc(C)c4N4CCC[C@H]3C4)n[nH]c2n1. The number of carbonyl (C=O) groups excluding carboxylic acids is 2. The first-order chi connectivity index (χ1) is 17.0. The van der Waals surface area contributed by atoms with Crippen LogP contribution in [0.2, 0.25) is 0 Å². The summed E-state index contributed by atoms with van der Waals surface area (Å²) in [4.78, 5) is 42.5. The number of hydrogen-bond acceptors (Lipinski definition) is 7. The molecule has 1 unspecified atom stereocenters. The van der Waals surface area contributed by atoms with E-state index < -0.39 is 30.0 Å². The van der Waals surface area contributed by atoms with E-state index >= 15 is 0 Å². The van der Waals surface area contributed by atoms with Gasteiger partial charge in [-0.3, -0.25) is 20.1 Å². The fraction of sp³-hybridized carbons (Fsp3) is 0.455. The summed E-state index contributed by atoms with van der Waals surface area (Å²) in [6, 6.07) is 0.727. The number of nitrogens with one attached hydrogen (secondary N) is 3. The molecule has 0 aromatic carbocycles. The minimum atomic E-state index is -4.62. The van der Waals surface area contributed by atoms with E-state index in [1.165, 1.54) is 4.90 Å². The number of halogens is 3. The van der Waals surface area contributed by atoms with Crippen LogP contribution in [0.25, 0.3) is 11.0 Å². The molecule has 0 spiro atoms. The van der Waals surface area contributed by atoms with Crippen LogP contribution in [0, 0.1) is 13.8 Å². The number of H-pyrrole nitrogens is 1. The van der Waals surface area contributed by atoms with Gasteiger partial charge >= 0.3 is 12.2 Å². The van der Waals surface area contributed by atoms with E-state index in [2.05, 4.69) is 30.5 Å². The zero-order chi connectivity index (χ0) is 25.8. The van der Waals surface area contributed by atoms with Gasteiger partial charge < -0.3 is 10.2 Å². The standard InChI is InChI=1S/C22H24F3N9O2/c1-10-6-7-14-16(26-10)31-32-17(14)30-21(36)34-13-5-4-8-33(9-13)15-11(2)27-18(29-19(15)34)20(35)28-12(3)22(23,24)25/h6-7,12-13H,4-5,8-9H2,1-3H3,(H,28,35)(H2,26,30,31,32,36)/t12?,13-/m0/s1. The number of urea groups is 1. The normalized spacial score (nSPS) is 18.1. The highest BCUT2D eigenvalue weighted by Crippen LogP contribution is 2.40. The van der Waals surface area contributed by atoms with Gasteiger partial charge in [-0.15, -0.1) is 0 Å². The number of carbonyl (C=O) groups is 2. The number of aryl methyl sites for hydroxylation is 2. The second-order valence-electron chi connectivity index (χ2n) is 9.00. The van der Waals surface area contributed by atoms with Gasteiger partial charge in [0.1, 0.15) is 11.7 Å². The molecule has 0 saturated carbocycles. The van der Waals surface area contributed by atoms with Gasteiger partial charge in [-0.2, -0.15) is 18.3 Å². The van der Waals surface area contributed by atoms with Crippen LogP contribution in [0.1, 0.15) is 41.8 Å². The maximum Gasteiger partial charge on any atom is 0.408 e. The van der Waals surface area contributed by atoms with Gasteiger partial charge in [-0.25, -0.2) is 19.7 Å². The average molecular weight is 503 g/mol. The zero-order valence-electron chi connectivity index (χ0n) is 19.8. The van der Waals surface area contributed by atoms with Gasteiger partial charge in [0, 0.05) is 18.8 Å².